The summed E-state index contributed by atoms with van der Waals surface area (Å²) in [6, 6.07) is 5.78. The van der Waals surface area contributed by atoms with E-state index in [4.69, 9.17) is 9.47 Å². The van der Waals surface area contributed by atoms with Gasteiger partial charge in [0.2, 0.25) is 0 Å². The van der Waals surface area contributed by atoms with Gasteiger partial charge >= 0.3 is 0 Å². The maximum Gasteiger partial charge on any atom is 0.261 e. The summed E-state index contributed by atoms with van der Waals surface area (Å²) >= 11 is 0. The largest absolute Gasteiger partial charge is 0.496 e. The van der Waals surface area contributed by atoms with E-state index in [0.29, 0.717) is 29.6 Å². The fourth-order valence-electron chi connectivity index (χ4n) is 2.75. The molecule has 1 atom stereocenters. The number of amides is 1. The van der Waals surface area contributed by atoms with Crippen LogP contribution in [0.4, 0.5) is 0 Å². The van der Waals surface area contributed by atoms with E-state index in [-0.39, 0.29) is 5.91 Å². The summed E-state index contributed by atoms with van der Waals surface area (Å²) in [7, 11) is 3.14. The molecular weight excluding hydrogens is 268 g/mol. The highest BCUT2D eigenvalue weighted by molar-refractivity contribution is 5.99. The van der Waals surface area contributed by atoms with Crippen molar-refractivity contribution in [2.24, 2.45) is 0 Å². The first kappa shape index (κ1) is 15.6. The molecule has 1 heterocycles. The fraction of sp³-hybridized carbons (Fsp3) is 0.562. The second-order valence-electron chi connectivity index (χ2n) is 5.17. The Morgan fingerprint density at radius 1 is 1.33 bits per heavy atom. The number of likely N-dealkylation sites (N-methyl/N-ethyl adjacent to an activating group) is 1. The maximum atomic E-state index is 12.9. The lowest BCUT2D eigenvalue weighted by Crippen LogP contribution is -2.41. The minimum Gasteiger partial charge on any atom is -0.496 e. The van der Waals surface area contributed by atoms with Gasteiger partial charge in [-0.2, -0.15) is 0 Å². The van der Waals surface area contributed by atoms with Crippen LogP contribution in [-0.4, -0.2) is 50.7 Å². The second kappa shape index (κ2) is 7.31. The van der Waals surface area contributed by atoms with Gasteiger partial charge in [-0.05, 0) is 38.4 Å². The summed E-state index contributed by atoms with van der Waals surface area (Å²) < 4.78 is 10.7. The van der Waals surface area contributed by atoms with Crippen molar-refractivity contribution in [3.8, 4) is 11.5 Å². The van der Waals surface area contributed by atoms with E-state index in [1.807, 2.05) is 17.9 Å². The Kier molecular flexibility index (Phi) is 5.44. The molecule has 0 saturated carbocycles. The molecule has 1 aromatic rings. The van der Waals surface area contributed by atoms with Crippen molar-refractivity contribution in [3.05, 3.63) is 23.8 Å². The van der Waals surface area contributed by atoms with Crippen LogP contribution >= 0.6 is 0 Å². The molecule has 1 N–H and O–H groups in total. The van der Waals surface area contributed by atoms with Gasteiger partial charge in [0, 0.05) is 19.1 Å². The number of nitrogens with zero attached hydrogens (tertiary/aromatic N) is 1. The van der Waals surface area contributed by atoms with E-state index in [1.165, 1.54) is 6.42 Å². The Balaban J connectivity index is 2.23. The summed E-state index contributed by atoms with van der Waals surface area (Å²) in [5.74, 6) is 1.06. The number of hydrogen-bond donors (Lipinski definition) is 1. The normalized spacial score (nSPS) is 17.6. The van der Waals surface area contributed by atoms with E-state index in [0.717, 1.165) is 19.5 Å². The van der Waals surface area contributed by atoms with Gasteiger partial charge in [-0.1, -0.05) is 6.07 Å². The minimum absolute atomic E-state index is 0.0412. The van der Waals surface area contributed by atoms with E-state index >= 15 is 0 Å². The van der Waals surface area contributed by atoms with Crippen LogP contribution in [0.2, 0.25) is 0 Å². The van der Waals surface area contributed by atoms with E-state index in [9.17, 15) is 4.79 Å². The average Bonchev–Trinajstić information content (AvgIpc) is 3.04. The smallest absolute Gasteiger partial charge is 0.261 e. The van der Waals surface area contributed by atoms with Crippen molar-refractivity contribution in [2.75, 3.05) is 33.9 Å². The third-order valence-electron chi connectivity index (χ3n) is 3.91. The van der Waals surface area contributed by atoms with E-state index < -0.39 is 0 Å². The molecule has 0 aromatic heterocycles. The van der Waals surface area contributed by atoms with Gasteiger partial charge in [0.25, 0.3) is 5.91 Å². The molecule has 0 bridgehead atoms. The Morgan fingerprint density at radius 2 is 2.00 bits per heavy atom. The molecule has 21 heavy (non-hydrogen) atoms. The molecule has 1 amide bonds. The van der Waals surface area contributed by atoms with Crippen molar-refractivity contribution >= 4 is 5.91 Å². The van der Waals surface area contributed by atoms with Gasteiger partial charge in [-0.25, -0.2) is 0 Å². The van der Waals surface area contributed by atoms with Gasteiger partial charge in [-0.15, -0.1) is 0 Å². The minimum atomic E-state index is -0.0412. The van der Waals surface area contributed by atoms with Crippen LogP contribution in [0.25, 0.3) is 0 Å². The zero-order valence-corrected chi connectivity index (χ0v) is 13.0. The van der Waals surface area contributed by atoms with Crippen molar-refractivity contribution in [3.63, 3.8) is 0 Å². The zero-order chi connectivity index (χ0) is 15.2. The Morgan fingerprint density at radius 3 is 2.48 bits per heavy atom. The predicted octanol–water partition coefficient (Wildman–Crippen LogP) is 1.92. The summed E-state index contributed by atoms with van der Waals surface area (Å²) in [5, 5.41) is 3.43. The van der Waals surface area contributed by atoms with Crippen LogP contribution in [0.5, 0.6) is 11.5 Å². The molecular formula is C16H24N2O3. The van der Waals surface area contributed by atoms with E-state index in [1.54, 1.807) is 26.4 Å². The first-order chi connectivity index (χ1) is 10.2. The number of carbonyl (C=O) groups is 1. The van der Waals surface area contributed by atoms with Crippen LogP contribution in [0.1, 0.15) is 30.1 Å². The van der Waals surface area contributed by atoms with Crippen LogP contribution in [0.15, 0.2) is 18.2 Å². The van der Waals surface area contributed by atoms with Crippen molar-refractivity contribution in [2.45, 2.75) is 25.8 Å². The first-order valence-corrected chi connectivity index (χ1v) is 7.44. The maximum absolute atomic E-state index is 12.9. The summed E-state index contributed by atoms with van der Waals surface area (Å²) in [6.45, 7) is 4.41. The van der Waals surface area contributed by atoms with Crippen molar-refractivity contribution in [1.29, 1.82) is 0 Å². The van der Waals surface area contributed by atoms with Crippen LogP contribution in [0.3, 0.4) is 0 Å². The number of benzene rings is 1. The Labute approximate surface area is 126 Å². The van der Waals surface area contributed by atoms with Gasteiger partial charge in [0.05, 0.1) is 14.2 Å². The third kappa shape index (κ3) is 3.47. The third-order valence-corrected chi connectivity index (χ3v) is 3.91. The molecule has 1 aliphatic rings. The average molecular weight is 292 g/mol. The molecule has 116 valence electrons. The number of methoxy groups -OCH3 is 2. The topological polar surface area (TPSA) is 50.8 Å². The van der Waals surface area contributed by atoms with Gasteiger partial charge in [0.1, 0.15) is 17.1 Å². The van der Waals surface area contributed by atoms with Crippen LogP contribution < -0.4 is 14.8 Å². The molecule has 1 aromatic carbocycles. The number of carbonyl (C=O) groups excluding carboxylic acids is 1. The van der Waals surface area contributed by atoms with Gasteiger partial charge in [-0.3, -0.25) is 4.79 Å². The number of ether oxygens (including phenoxy) is 2. The second-order valence-corrected chi connectivity index (χ2v) is 5.17. The van der Waals surface area contributed by atoms with Gasteiger partial charge < -0.3 is 19.7 Å². The number of hydrogen-bond acceptors (Lipinski definition) is 4. The summed E-state index contributed by atoms with van der Waals surface area (Å²) in [5.41, 5.74) is 0.502. The lowest BCUT2D eigenvalue weighted by molar-refractivity contribution is 0.0744. The Hall–Kier alpha value is -1.75. The predicted molar refractivity (Wildman–Crippen MR) is 82.1 cm³/mol. The number of rotatable bonds is 6. The first-order valence-electron chi connectivity index (χ1n) is 7.44. The highest BCUT2D eigenvalue weighted by Crippen LogP contribution is 2.29. The standard InChI is InChI=1S/C16H24N2O3/c1-4-18(11-12-7-6-10-17-12)16(19)15-13(20-2)8-5-9-14(15)21-3/h5,8-9,12,17H,4,6-7,10-11H2,1-3H3. The molecule has 1 aliphatic heterocycles. The van der Waals surface area contributed by atoms with Crippen molar-refractivity contribution in [1.82, 2.24) is 10.2 Å². The fourth-order valence-corrected chi connectivity index (χ4v) is 2.75. The molecule has 0 aliphatic carbocycles. The molecule has 5 heteroatoms. The van der Waals surface area contributed by atoms with E-state index in [2.05, 4.69) is 5.32 Å². The number of nitrogens with one attached hydrogen (secondary N) is 1. The molecule has 1 saturated heterocycles. The monoisotopic (exact) mass is 292 g/mol. The zero-order valence-electron chi connectivity index (χ0n) is 13.0. The SMILES string of the molecule is CCN(CC1CCCN1)C(=O)c1c(OC)cccc1OC. The summed E-state index contributed by atoms with van der Waals surface area (Å²) in [6.07, 6.45) is 2.29. The molecule has 0 spiro atoms. The lowest BCUT2D eigenvalue weighted by Gasteiger charge is -2.26. The highest BCUT2D eigenvalue weighted by Gasteiger charge is 2.26. The quantitative estimate of drug-likeness (QED) is 0.870. The van der Waals surface area contributed by atoms with Gasteiger partial charge in [0.15, 0.2) is 0 Å². The molecule has 1 unspecified atom stereocenters. The Bertz CT molecular complexity index is 462. The molecule has 2 rings (SSSR count). The van der Waals surface area contributed by atoms with Crippen LogP contribution in [0, 0.1) is 0 Å². The van der Waals surface area contributed by atoms with Crippen molar-refractivity contribution < 1.29 is 14.3 Å². The lowest BCUT2D eigenvalue weighted by atomic mass is 10.1. The molecule has 5 nitrogen and oxygen atoms in total. The summed E-state index contributed by atoms with van der Waals surface area (Å²) in [4.78, 5) is 14.7. The van der Waals surface area contributed by atoms with Crippen LogP contribution in [-0.2, 0) is 0 Å². The highest BCUT2D eigenvalue weighted by atomic mass is 16.5. The molecule has 0 radical (unpaired) electrons. The molecule has 1 fully saturated rings.